The Hall–Kier alpha value is -1.64. The fourth-order valence-electron chi connectivity index (χ4n) is 1.10. The highest BCUT2D eigenvalue weighted by atomic mass is 16.4. The predicted molar refractivity (Wildman–Crippen MR) is 51.0 cm³/mol. The fraction of sp³-hybridized carbons (Fsp3) is 0.111. The molecule has 0 aliphatic carbocycles. The Kier molecular flexibility index (Phi) is 3.02. The zero-order valence-electron chi connectivity index (χ0n) is 7.56. The Bertz CT molecular complexity index is 409. The van der Waals surface area contributed by atoms with Crippen molar-refractivity contribution in [1.82, 2.24) is 0 Å². The van der Waals surface area contributed by atoms with E-state index in [9.17, 15) is 4.79 Å². The Morgan fingerprint density at radius 2 is 2.14 bits per heavy atom. The van der Waals surface area contributed by atoms with Crippen molar-refractivity contribution in [1.29, 1.82) is 5.26 Å². The Morgan fingerprint density at radius 1 is 1.50 bits per heavy atom. The number of Topliss-reactive ketones (excluding diaryl/α,β-unsaturated/α-hetero) is 1. The first-order valence-corrected chi connectivity index (χ1v) is 3.97. The van der Waals surface area contributed by atoms with Gasteiger partial charge in [0, 0.05) is 5.56 Å². The van der Waals surface area contributed by atoms with Crippen LogP contribution in [0.1, 0.15) is 22.8 Å². The van der Waals surface area contributed by atoms with Crippen molar-refractivity contribution in [3.63, 3.8) is 0 Å². The lowest BCUT2D eigenvalue weighted by Gasteiger charge is -2.03. The smallest absolute Gasteiger partial charge is 0.423 e. The lowest BCUT2D eigenvalue weighted by atomic mass is 9.76. The first kappa shape index (κ1) is 10.4. The molecule has 1 aromatic carbocycles. The lowest BCUT2D eigenvalue weighted by Crippen LogP contribution is -2.32. The molecule has 0 unspecified atom stereocenters. The molecule has 0 spiro atoms. The quantitative estimate of drug-likeness (QED) is 0.482. The maximum Gasteiger partial charge on any atom is 0.489 e. The van der Waals surface area contributed by atoms with Crippen molar-refractivity contribution in [2.45, 2.75) is 6.92 Å². The number of carbonyl (C=O) groups is 1. The molecule has 1 aromatic rings. The summed E-state index contributed by atoms with van der Waals surface area (Å²) < 4.78 is 0. The topological polar surface area (TPSA) is 81.3 Å². The molecule has 0 amide bonds. The average Bonchev–Trinajstić information content (AvgIpc) is 2.16. The average molecular weight is 189 g/mol. The molecule has 4 nitrogen and oxygen atoms in total. The molecule has 0 bridgehead atoms. The van der Waals surface area contributed by atoms with Gasteiger partial charge in [-0.2, -0.15) is 5.26 Å². The van der Waals surface area contributed by atoms with Crippen LogP contribution in [0.3, 0.4) is 0 Å². The summed E-state index contributed by atoms with van der Waals surface area (Å²) in [7, 11) is -1.69. The third kappa shape index (κ3) is 1.99. The van der Waals surface area contributed by atoms with E-state index in [0.29, 0.717) is 5.56 Å². The van der Waals surface area contributed by atoms with E-state index in [0.717, 1.165) is 0 Å². The van der Waals surface area contributed by atoms with Crippen LogP contribution in [0.15, 0.2) is 18.2 Å². The van der Waals surface area contributed by atoms with E-state index in [1.165, 1.54) is 25.1 Å². The van der Waals surface area contributed by atoms with Crippen molar-refractivity contribution in [3.8, 4) is 6.07 Å². The Balaban J connectivity index is 3.27. The van der Waals surface area contributed by atoms with E-state index in [2.05, 4.69) is 0 Å². The van der Waals surface area contributed by atoms with Crippen LogP contribution in [0.4, 0.5) is 0 Å². The van der Waals surface area contributed by atoms with Crippen molar-refractivity contribution >= 4 is 18.4 Å². The van der Waals surface area contributed by atoms with E-state index in [4.69, 9.17) is 15.3 Å². The number of hydrogen-bond donors (Lipinski definition) is 2. The van der Waals surface area contributed by atoms with Gasteiger partial charge in [-0.15, -0.1) is 0 Å². The highest BCUT2D eigenvalue weighted by Crippen LogP contribution is 2.03. The maximum absolute atomic E-state index is 11.0. The second kappa shape index (κ2) is 4.05. The van der Waals surface area contributed by atoms with Crippen LogP contribution in [0.2, 0.25) is 0 Å². The third-order valence-electron chi connectivity index (χ3n) is 1.86. The van der Waals surface area contributed by atoms with E-state index >= 15 is 0 Å². The van der Waals surface area contributed by atoms with Gasteiger partial charge in [0.25, 0.3) is 0 Å². The van der Waals surface area contributed by atoms with E-state index < -0.39 is 7.12 Å². The summed E-state index contributed by atoms with van der Waals surface area (Å²) in [5.74, 6) is -0.166. The van der Waals surface area contributed by atoms with E-state index in [1.807, 2.05) is 0 Å². The highest BCUT2D eigenvalue weighted by Gasteiger charge is 2.16. The minimum atomic E-state index is -1.69. The molecule has 0 heterocycles. The van der Waals surface area contributed by atoms with Gasteiger partial charge < -0.3 is 10.0 Å². The maximum atomic E-state index is 11.0. The third-order valence-corrected chi connectivity index (χ3v) is 1.86. The second-order valence-electron chi connectivity index (χ2n) is 2.84. The van der Waals surface area contributed by atoms with Crippen LogP contribution in [-0.4, -0.2) is 22.9 Å². The number of carbonyl (C=O) groups excluding carboxylic acids is 1. The monoisotopic (exact) mass is 189 g/mol. The van der Waals surface area contributed by atoms with Crippen LogP contribution < -0.4 is 5.46 Å². The molecular formula is C9H8BNO3. The zero-order chi connectivity index (χ0) is 10.7. The van der Waals surface area contributed by atoms with Crippen LogP contribution in [-0.2, 0) is 0 Å². The normalized spacial score (nSPS) is 9.29. The van der Waals surface area contributed by atoms with Crippen LogP contribution in [0, 0.1) is 11.3 Å². The van der Waals surface area contributed by atoms with Gasteiger partial charge in [-0.1, -0.05) is 12.1 Å². The SMILES string of the molecule is CC(=O)c1ccc(B(O)O)c(C#N)c1. The van der Waals surface area contributed by atoms with Crippen molar-refractivity contribution in [2.24, 2.45) is 0 Å². The summed E-state index contributed by atoms with van der Waals surface area (Å²) in [6.07, 6.45) is 0. The first-order valence-electron chi connectivity index (χ1n) is 3.97. The van der Waals surface area contributed by atoms with Gasteiger partial charge >= 0.3 is 7.12 Å². The molecule has 5 heteroatoms. The van der Waals surface area contributed by atoms with Gasteiger partial charge in [0.2, 0.25) is 0 Å². The van der Waals surface area contributed by atoms with Crippen LogP contribution >= 0.6 is 0 Å². The van der Waals surface area contributed by atoms with Gasteiger partial charge in [-0.25, -0.2) is 0 Å². The molecular weight excluding hydrogens is 181 g/mol. The molecule has 1 rings (SSSR count). The summed E-state index contributed by atoms with van der Waals surface area (Å²) >= 11 is 0. The summed E-state index contributed by atoms with van der Waals surface area (Å²) in [6, 6.07) is 5.96. The Labute approximate surface area is 81.6 Å². The largest absolute Gasteiger partial charge is 0.489 e. The molecule has 0 saturated carbocycles. The zero-order valence-corrected chi connectivity index (χ0v) is 7.56. The summed E-state index contributed by atoms with van der Waals surface area (Å²) in [4.78, 5) is 11.0. The molecule has 0 saturated heterocycles. The minimum absolute atomic E-state index is 0.104. The highest BCUT2D eigenvalue weighted by molar-refractivity contribution is 6.59. The van der Waals surface area contributed by atoms with Crippen molar-refractivity contribution in [3.05, 3.63) is 29.3 Å². The van der Waals surface area contributed by atoms with E-state index in [-0.39, 0.29) is 16.8 Å². The predicted octanol–water partition coefficient (Wildman–Crippen LogP) is -0.559. The first-order chi connectivity index (χ1) is 6.56. The van der Waals surface area contributed by atoms with Gasteiger partial charge in [-0.05, 0) is 18.5 Å². The second-order valence-corrected chi connectivity index (χ2v) is 2.84. The van der Waals surface area contributed by atoms with E-state index in [1.54, 1.807) is 6.07 Å². The molecule has 70 valence electrons. The summed E-state index contributed by atoms with van der Waals surface area (Å²) in [5.41, 5.74) is 0.594. The standard InChI is InChI=1S/C9H8BNO3/c1-6(12)7-2-3-9(10(13)14)8(4-7)5-11/h2-4,13-14H,1H3. The van der Waals surface area contributed by atoms with Gasteiger partial charge in [-0.3, -0.25) is 4.79 Å². The number of ketones is 1. The van der Waals surface area contributed by atoms with Crippen LogP contribution in [0.5, 0.6) is 0 Å². The summed E-state index contributed by atoms with van der Waals surface area (Å²) in [5, 5.41) is 26.5. The number of rotatable bonds is 2. The molecule has 14 heavy (non-hydrogen) atoms. The fourth-order valence-corrected chi connectivity index (χ4v) is 1.10. The number of hydrogen-bond acceptors (Lipinski definition) is 4. The molecule has 2 N–H and O–H groups in total. The molecule has 0 radical (unpaired) electrons. The minimum Gasteiger partial charge on any atom is -0.423 e. The molecule has 0 aromatic heterocycles. The lowest BCUT2D eigenvalue weighted by molar-refractivity contribution is 0.101. The van der Waals surface area contributed by atoms with Crippen molar-refractivity contribution < 1.29 is 14.8 Å². The van der Waals surface area contributed by atoms with Gasteiger partial charge in [0.05, 0.1) is 11.6 Å². The number of nitrogens with zero attached hydrogens (tertiary/aromatic N) is 1. The molecule has 0 fully saturated rings. The number of benzene rings is 1. The van der Waals surface area contributed by atoms with Crippen LogP contribution in [0.25, 0.3) is 0 Å². The number of nitriles is 1. The van der Waals surface area contributed by atoms with Gasteiger partial charge in [0.15, 0.2) is 5.78 Å². The molecule has 0 atom stereocenters. The van der Waals surface area contributed by atoms with Crippen molar-refractivity contribution in [2.75, 3.05) is 0 Å². The Morgan fingerprint density at radius 3 is 2.57 bits per heavy atom. The molecule has 0 aliphatic heterocycles. The molecule has 0 aliphatic rings. The van der Waals surface area contributed by atoms with Gasteiger partial charge in [0.1, 0.15) is 0 Å². The summed E-state index contributed by atoms with van der Waals surface area (Å²) in [6.45, 7) is 1.38.